The monoisotopic (exact) mass is 686 g/mol. The van der Waals surface area contributed by atoms with Crippen LogP contribution in [0.5, 0.6) is 0 Å². The molecule has 1 aromatic heterocycles. The lowest BCUT2D eigenvalue weighted by molar-refractivity contribution is 0.594. The molecule has 0 unspecified atom stereocenters. The molecule has 0 saturated heterocycles. The maximum Gasteiger partial charge on any atom is 0.206 e. The molecule has 3 aromatic rings. The maximum absolute atomic E-state index is 14.0. The van der Waals surface area contributed by atoms with Gasteiger partial charge in [0.25, 0.3) is 0 Å². The van der Waals surface area contributed by atoms with Crippen molar-refractivity contribution < 1.29 is 12.8 Å². The highest BCUT2D eigenvalue weighted by molar-refractivity contribution is 8.25. The Balaban J connectivity index is 0.000000367. The average Bonchev–Trinajstić information content (AvgIpc) is 3.05. The largest absolute Gasteiger partial charge is 0.264 e. The molecule has 0 atom stereocenters. The third-order valence-corrected chi connectivity index (χ3v) is 11.4. The number of rotatable bonds is 17. The van der Waals surface area contributed by atoms with E-state index in [-0.39, 0.29) is 9.79 Å². The van der Waals surface area contributed by atoms with Gasteiger partial charge >= 0.3 is 0 Å². The van der Waals surface area contributed by atoms with Crippen LogP contribution in [0, 0.1) is 12.7 Å². The second-order valence-corrected chi connectivity index (χ2v) is 15.5. The smallest absolute Gasteiger partial charge is 0.206 e. The van der Waals surface area contributed by atoms with Crippen molar-refractivity contribution in [3.8, 4) is 0 Å². The van der Waals surface area contributed by atoms with Gasteiger partial charge < -0.3 is 0 Å². The fraction of sp³-hybridized carbons (Fsp3) is 0.150. The summed E-state index contributed by atoms with van der Waals surface area (Å²) >= 11 is 5.77. The highest BCUT2D eigenvalue weighted by atomic mass is 35.5. The van der Waals surface area contributed by atoms with Gasteiger partial charge in [-0.1, -0.05) is 35.4 Å². The molecule has 1 heterocycles. The molecule has 0 fully saturated rings. The minimum atomic E-state index is -3.66. The van der Waals surface area contributed by atoms with Crippen molar-refractivity contribution in [3.05, 3.63) is 88.5 Å². The molecule has 0 spiro atoms. The van der Waals surface area contributed by atoms with E-state index in [1.807, 2.05) is 6.92 Å². The molecule has 215 valence electrons. The normalized spacial score (nSPS) is 10.4. The number of sulfone groups is 1. The predicted octanol–water partition coefficient (Wildman–Crippen LogP) is -5.48. The summed E-state index contributed by atoms with van der Waals surface area (Å²) in [6.45, 7) is 1.90. The molecule has 0 aliphatic rings. The third kappa shape index (κ3) is 13.6. The maximum atomic E-state index is 14.0. The minimum absolute atomic E-state index is 0.200. The number of aryl methyl sites for hydroxylation is 3. The lowest BCUT2D eigenvalue weighted by Crippen LogP contribution is -2.86. The number of hydrogen-bond donors (Lipinski definition) is 0. The molecule has 0 N–H and O–H groups in total. The zero-order valence-electron chi connectivity index (χ0n) is 29.7. The van der Waals surface area contributed by atoms with Crippen molar-refractivity contribution in [3.63, 3.8) is 0 Å². The fourth-order valence-corrected chi connectivity index (χ4v) is 8.33. The van der Waals surface area contributed by atoms with Gasteiger partial charge in [-0.2, -0.15) is 0 Å². The van der Waals surface area contributed by atoms with Crippen molar-refractivity contribution >= 4 is 213 Å². The van der Waals surface area contributed by atoms with Gasteiger partial charge in [-0.3, -0.25) is 4.98 Å². The van der Waals surface area contributed by atoms with Crippen molar-refractivity contribution in [2.24, 2.45) is 0 Å². The minimum Gasteiger partial charge on any atom is -0.264 e. The van der Waals surface area contributed by atoms with Crippen molar-refractivity contribution in [2.75, 3.05) is 0 Å². The quantitative estimate of drug-likeness (QED) is 0.134. The first-order chi connectivity index (χ1) is 24.7. The SMILES string of the molecule is Cc1ccc(S(=O)(=O)c2ccncc2CCc2ccc(Cl)cc2F)cc1.[B][B]B([B])B(B(B([B])[B])B([B])[B])B(B(B([B])[B])B([B])[B])B(B([B])[B])B([B])[B]. The molecule has 3 nitrogen and oxygen atoms in total. The first-order valence-corrected chi connectivity index (χ1v) is 18.6. The van der Waals surface area contributed by atoms with Crippen LogP contribution in [0.25, 0.3) is 0 Å². The number of nitrogens with zero attached hydrogens (tertiary/aromatic N) is 1. The molecule has 33 heteroatoms. The second kappa shape index (κ2) is 22.5. The van der Waals surface area contributed by atoms with Gasteiger partial charge in [-0.15, -0.1) is 0 Å². The van der Waals surface area contributed by atoms with E-state index in [0.717, 1.165) is 5.56 Å². The second-order valence-electron chi connectivity index (χ2n) is 13.2. The lowest BCUT2D eigenvalue weighted by Gasteiger charge is -2.48. The third-order valence-electron chi connectivity index (χ3n) is 9.27. The van der Waals surface area contributed by atoms with Crippen LogP contribution in [0.15, 0.2) is 70.7 Å². The summed E-state index contributed by atoms with van der Waals surface area (Å²) in [5.41, 5.74) is 2.02. The van der Waals surface area contributed by atoms with Gasteiger partial charge in [0.2, 0.25) is 9.84 Å². The van der Waals surface area contributed by atoms with Crippen molar-refractivity contribution in [1.29, 1.82) is 0 Å². The summed E-state index contributed by atoms with van der Waals surface area (Å²) in [4.78, 5) is 4.47. The molecular formula is C20H17B27ClFNO2S. The molecule has 0 aliphatic carbocycles. The number of aromatic nitrogens is 1. The number of halogens is 2. The van der Waals surface area contributed by atoms with Crippen molar-refractivity contribution in [1.82, 2.24) is 4.98 Å². The van der Waals surface area contributed by atoms with Gasteiger partial charge in [0.1, 0.15) is 5.82 Å². The van der Waals surface area contributed by atoms with Gasteiger partial charge in [0.15, 0.2) is 0 Å². The van der Waals surface area contributed by atoms with Crippen LogP contribution in [0.2, 0.25) is 5.02 Å². The Labute approximate surface area is 347 Å². The number of benzene rings is 2. The van der Waals surface area contributed by atoms with Gasteiger partial charge in [-0.05, 0) is 61.2 Å². The van der Waals surface area contributed by atoms with E-state index in [2.05, 4.69) is 4.98 Å². The summed E-state index contributed by atoms with van der Waals surface area (Å²) in [5.74, 6) is -0.399. The molecule has 2 aromatic carbocycles. The predicted molar refractivity (Wildman–Crippen MR) is 255 cm³/mol. The van der Waals surface area contributed by atoms with E-state index in [1.165, 1.54) is 31.6 Å². The summed E-state index contributed by atoms with van der Waals surface area (Å²) in [5, 5.41) is 0.329. The van der Waals surface area contributed by atoms with E-state index in [1.54, 1.807) is 36.4 Å². The summed E-state index contributed by atoms with van der Waals surface area (Å²) < 4.78 is 39.9. The highest BCUT2D eigenvalue weighted by Crippen LogP contribution is 2.25. The van der Waals surface area contributed by atoms with Crippen LogP contribution in [0.4, 0.5) is 4.39 Å². The lowest BCUT2D eigenvalue weighted by atomic mass is 8.33. The van der Waals surface area contributed by atoms with E-state index in [4.69, 9.17) is 120 Å². The number of pyridine rings is 1. The Bertz CT molecular complexity index is 1630. The van der Waals surface area contributed by atoms with Crippen LogP contribution in [-0.4, -0.2) is 205 Å². The van der Waals surface area contributed by atoms with Crippen LogP contribution >= 0.6 is 11.6 Å². The van der Waals surface area contributed by atoms with Crippen molar-refractivity contribution in [2.45, 2.75) is 29.6 Å². The molecular weight excluding hydrogens is 665 g/mol. The summed E-state index contributed by atoms with van der Waals surface area (Å²) in [6, 6.07) is 12.7. The average molecular weight is 682 g/mol. The van der Waals surface area contributed by atoms with Gasteiger partial charge in [-0.25, -0.2) is 12.8 Å². The molecule has 53 heavy (non-hydrogen) atoms. The molecule has 0 aliphatic heterocycles. The summed E-state index contributed by atoms with van der Waals surface area (Å²) in [6.07, 6.45) is -6.85. The molecule has 0 amide bonds. The van der Waals surface area contributed by atoms with Gasteiger partial charge in [0, 0.05) is 209 Å². The van der Waals surface area contributed by atoms with E-state index in [9.17, 15) is 12.8 Å². The first kappa shape index (κ1) is 48.7. The zero-order valence-corrected chi connectivity index (χ0v) is 31.3. The van der Waals surface area contributed by atoms with E-state index < -0.39 is 92.3 Å². The molecule has 29 radical (unpaired) electrons. The van der Waals surface area contributed by atoms with Crippen LogP contribution in [0.1, 0.15) is 16.7 Å². The first-order valence-electron chi connectivity index (χ1n) is 16.7. The Morgan fingerprint density at radius 1 is 0.660 bits per heavy atom. The van der Waals surface area contributed by atoms with Crippen LogP contribution < -0.4 is 0 Å². The Hall–Kier alpha value is -0.487. The topological polar surface area (TPSA) is 47.0 Å². The Kier molecular flexibility index (Phi) is 20.6. The molecule has 3 rings (SSSR count). The van der Waals surface area contributed by atoms with E-state index >= 15 is 0 Å². The highest BCUT2D eigenvalue weighted by Gasteiger charge is 2.50. The zero-order chi connectivity index (χ0) is 40.4. The number of hydrogen-bond acceptors (Lipinski definition) is 3. The Morgan fingerprint density at radius 2 is 1.11 bits per heavy atom. The fourth-order valence-electron chi connectivity index (χ4n) is 6.68. The molecule has 0 saturated carbocycles. The Morgan fingerprint density at radius 3 is 1.55 bits per heavy atom. The van der Waals surface area contributed by atoms with Crippen LogP contribution in [-0.2, 0) is 22.7 Å². The summed E-state index contributed by atoms with van der Waals surface area (Å²) in [7, 11) is 80.9. The van der Waals surface area contributed by atoms with E-state index in [0.29, 0.717) is 29.0 Å². The molecule has 0 bridgehead atoms. The van der Waals surface area contributed by atoms with Crippen LogP contribution in [0.3, 0.4) is 0 Å². The van der Waals surface area contributed by atoms with Gasteiger partial charge in [0.05, 0.1) is 9.79 Å². The standard InChI is InChI=1S/C20H17ClFNO2S.B27/c1-14-2-8-18(9-3-14)26(24,25)20-10-11-23-13-16(20)5-4-15-6-7-17(21)12-19(15)22;1-15-22(14)26(23(16(2)3)17(4)5)27(24(18(6)7)19(8)9)25(20(10)11)21(12)13/h2-3,6-13H,4-5H2,1H3;.